The third-order valence-electron chi connectivity index (χ3n) is 3.65. The molecule has 118 valence electrons. The monoisotopic (exact) mass is 358 g/mol. The molecule has 3 heterocycles. The first-order valence-electron chi connectivity index (χ1n) is 6.90. The molecule has 0 fully saturated rings. The van der Waals surface area contributed by atoms with Crippen LogP contribution in [0.4, 0.5) is 5.69 Å². The average Bonchev–Trinajstić information content (AvgIpc) is 3.19. The predicted molar refractivity (Wildman–Crippen MR) is 89.0 cm³/mol. The SMILES string of the molecule is O=C1c2nccnc2C(=O)N1c1cc(Cl)c(-n2cccc2)cc1Cl. The maximum absolute atomic E-state index is 12.5. The van der Waals surface area contributed by atoms with Crippen molar-refractivity contribution in [2.24, 2.45) is 0 Å². The second-order valence-corrected chi connectivity index (χ2v) is 5.86. The summed E-state index contributed by atoms with van der Waals surface area (Å²) in [6.07, 6.45) is 6.34. The van der Waals surface area contributed by atoms with Crippen LogP contribution in [0.2, 0.25) is 10.0 Å². The standard InChI is InChI=1S/C16H8Cl2N4O2/c17-9-8-12(10(18)7-11(9)21-5-1-2-6-21)22-15(23)13-14(16(22)24)20-4-3-19-13/h1-8H. The van der Waals surface area contributed by atoms with Gasteiger partial charge >= 0.3 is 0 Å². The van der Waals surface area contributed by atoms with Gasteiger partial charge in [-0.25, -0.2) is 14.9 Å². The molecule has 4 rings (SSSR count). The molecule has 0 radical (unpaired) electrons. The van der Waals surface area contributed by atoms with E-state index < -0.39 is 11.8 Å². The number of halogens is 2. The molecule has 1 aliphatic heterocycles. The summed E-state index contributed by atoms with van der Waals surface area (Å²) in [6.45, 7) is 0. The minimum absolute atomic E-state index is 0.00387. The number of benzene rings is 1. The fourth-order valence-electron chi connectivity index (χ4n) is 2.56. The van der Waals surface area contributed by atoms with E-state index in [-0.39, 0.29) is 22.1 Å². The molecule has 1 aromatic carbocycles. The van der Waals surface area contributed by atoms with Gasteiger partial charge in [0.05, 0.1) is 21.4 Å². The first-order chi connectivity index (χ1) is 11.6. The summed E-state index contributed by atoms with van der Waals surface area (Å²) in [5, 5.41) is 0.570. The van der Waals surface area contributed by atoms with Gasteiger partial charge < -0.3 is 4.57 Å². The van der Waals surface area contributed by atoms with Gasteiger partial charge in [0.1, 0.15) is 0 Å². The Hall–Kier alpha value is -2.70. The number of fused-ring (bicyclic) bond motifs is 1. The number of aromatic nitrogens is 3. The zero-order valence-corrected chi connectivity index (χ0v) is 13.5. The molecule has 0 saturated heterocycles. The van der Waals surface area contributed by atoms with Gasteiger partial charge in [-0.1, -0.05) is 23.2 Å². The number of carbonyl (C=O) groups is 2. The second-order valence-electron chi connectivity index (χ2n) is 5.04. The molecule has 2 aromatic heterocycles. The van der Waals surface area contributed by atoms with Gasteiger partial charge in [-0.15, -0.1) is 0 Å². The van der Waals surface area contributed by atoms with Crippen LogP contribution in [0.1, 0.15) is 21.0 Å². The maximum atomic E-state index is 12.5. The fraction of sp³-hybridized carbons (Fsp3) is 0. The van der Waals surface area contributed by atoms with Gasteiger partial charge in [-0.3, -0.25) is 9.59 Å². The molecule has 0 saturated carbocycles. The van der Waals surface area contributed by atoms with E-state index >= 15 is 0 Å². The van der Waals surface area contributed by atoms with Crippen molar-refractivity contribution in [2.75, 3.05) is 4.90 Å². The van der Waals surface area contributed by atoms with Crippen molar-refractivity contribution in [3.05, 3.63) is 70.5 Å². The predicted octanol–water partition coefficient (Wildman–Crippen LogP) is 3.37. The van der Waals surface area contributed by atoms with E-state index in [0.717, 1.165) is 4.90 Å². The van der Waals surface area contributed by atoms with Crippen LogP contribution in [-0.4, -0.2) is 26.3 Å². The van der Waals surface area contributed by atoms with Crippen LogP contribution in [-0.2, 0) is 0 Å². The molecule has 2 amide bonds. The molecule has 0 aliphatic carbocycles. The minimum Gasteiger partial charge on any atom is -0.322 e. The highest BCUT2D eigenvalue weighted by Crippen LogP contribution is 2.37. The van der Waals surface area contributed by atoms with Crippen molar-refractivity contribution in [3.63, 3.8) is 0 Å². The second kappa shape index (κ2) is 5.43. The van der Waals surface area contributed by atoms with Crippen molar-refractivity contribution in [1.82, 2.24) is 14.5 Å². The highest BCUT2D eigenvalue weighted by molar-refractivity contribution is 6.41. The lowest BCUT2D eigenvalue weighted by Gasteiger charge is -2.17. The lowest BCUT2D eigenvalue weighted by atomic mass is 10.2. The van der Waals surface area contributed by atoms with Crippen LogP contribution < -0.4 is 4.90 Å². The first kappa shape index (κ1) is 14.9. The van der Waals surface area contributed by atoms with Crippen molar-refractivity contribution >= 4 is 40.7 Å². The van der Waals surface area contributed by atoms with Crippen molar-refractivity contribution in [1.29, 1.82) is 0 Å². The third kappa shape index (κ3) is 2.11. The Bertz CT molecular complexity index is 951. The lowest BCUT2D eigenvalue weighted by Crippen LogP contribution is -2.30. The lowest BCUT2D eigenvalue weighted by molar-refractivity contribution is 0.0923. The first-order valence-corrected chi connectivity index (χ1v) is 7.65. The van der Waals surface area contributed by atoms with E-state index in [1.807, 2.05) is 24.5 Å². The number of amides is 2. The van der Waals surface area contributed by atoms with Crippen LogP contribution in [0, 0.1) is 0 Å². The molecule has 8 heteroatoms. The quantitative estimate of drug-likeness (QED) is 0.658. The fourth-order valence-corrected chi connectivity index (χ4v) is 3.06. The van der Waals surface area contributed by atoms with Crippen molar-refractivity contribution in [2.45, 2.75) is 0 Å². The Labute approximate surface area is 146 Å². The zero-order valence-electron chi connectivity index (χ0n) is 12.0. The molecule has 0 spiro atoms. The normalized spacial score (nSPS) is 13.5. The highest BCUT2D eigenvalue weighted by Gasteiger charge is 2.40. The van der Waals surface area contributed by atoms with E-state index in [4.69, 9.17) is 23.2 Å². The summed E-state index contributed by atoms with van der Waals surface area (Å²) in [6, 6.07) is 6.78. The summed E-state index contributed by atoms with van der Waals surface area (Å²) in [5.74, 6) is -1.15. The molecule has 1 aliphatic rings. The summed E-state index contributed by atoms with van der Waals surface area (Å²) in [4.78, 5) is 33.7. The smallest absolute Gasteiger partial charge is 0.286 e. The van der Waals surface area contributed by atoms with Crippen LogP contribution in [0.15, 0.2) is 49.1 Å². The van der Waals surface area contributed by atoms with Gasteiger partial charge in [0.2, 0.25) is 0 Å². The summed E-state index contributed by atoms with van der Waals surface area (Å²) >= 11 is 12.6. The molecule has 24 heavy (non-hydrogen) atoms. The number of rotatable bonds is 2. The molecule has 0 atom stereocenters. The Kier molecular flexibility index (Phi) is 3.37. The maximum Gasteiger partial charge on any atom is 0.286 e. The van der Waals surface area contributed by atoms with E-state index in [1.54, 1.807) is 10.6 Å². The van der Waals surface area contributed by atoms with Gasteiger partial charge in [-0.2, -0.15) is 0 Å². The van der Waals surface area contributed by atoms with Crippen molar-refractivity contribution < 1.29 is 9.59 Å². The largest absolute Gasteiger partial charge is 0.322 e. The topological polar surface area (TPSA) is 68.1 Å². The molecule has 6 nitrogen and oxygen atoms in total. The van der Waals surface area contributed by atoms with Gasteiger partial charge in [0, 0.05) is 24.8 Å². The van der Waals surface area contributed by atoms with Crippen LogP contribution in [0.5, 0.6) is 0 Å². The number of carbonyl (C=O) groups excluding carboxylic acids is 2. The van der Waals surface area contributed by atoms with Crippen LogP contribution in [0.3, 0.4) is 0 Å². The Morgan fingerprint density at radius 2 is 1.29 bits per heavy atom. The summed E-state index contributed by atoms with van der Waals surface area (Å²) in [7, 11) is 0. The van der Waals surface area contributed by atoms with Gasteiger partial charge in [-0.05, 0) is 24.3 Å². The Morgan fingerprint density at radius 3 is 1.88 bits per heavy atom. The number of imide groups is 1. The Balaban J connectivity index is 1.83. The molecule has 0 bridgehead atoms. The third-order valence-corrected chi connectivity index (χ3v) is 4.25. The molecular weight excluding hydrogens is 351 g/mol. The van der Waals surface area contributed by atoms with Crippen LogP contribution >= 0.6 is 23.2 Å². The molecule has 0 N–H and O–H groups in total. The number of hydrogen-bond acceptors (Lipinski definition) is 4. The minimum atomic E-state index is -0.574. The van der Waals surface area contributed by atoms with E-state index in [2.05, 4.69) is 9.97 Å². The molecular formula is C16H8Cl2N4O2. The summed E-state index contributed by atoms with van der Waals surface area (Å²) < 4.78 is 1.78. The molecule has 3 aromatic rings. The number of anilines is 1. The highest BCUT2D eigenvalue weighted by atomic mass is 35.5. The number of hydrogen-bond donors (Lipinski definition) is 0. The summed E-state index contributed by atoms with van der Waals surface area (Å²) in [5.41, 5.74) is 0.851. The van der Waals surface area contributed by atoms with Gasteiger partial charge in [0.25, 0.3) is 11.8 Å². The Morgan fingerprint density at radius 1 is 0.792 bits per heavy atom. The zero-order chi connectivity index (χ0) is 16.8. The molecule has 0 unspecified atom stereocenters. The number of nitrogens with zero attached hydrogens (tertiary/aromatic N) is 4. The van der Waals surface area contributed by atoms with E-state index in [0.29, 0.717) is 10.7 Å². The average molecular weight is 359 g/mol. The van der Waals surface area contributed by atoms with E-state index in [9.17, 15) is 9.59 Å². The van der Waals surface area contributed by atoms with E-state index in [1.165, 1.54) is 18.5 Å². The van der Waals surface area contributed by atoms with Crippen LogP contribution in [0.25, 0.3) is 5.69 Å². The van der Waals surface area contributed by atoms with Gasteiger partial charge in [0.15, 0.2) is 11.4 Å². The van der Waals surface area contributed by atoms with Crippen molar-refractivity contribution in [3.8, 4) is 5.69 Å².